The van der Waals surface area contributed by atoms with Crippen molar-refractivity contribution in [2.45, 2.75) is 51.4 Å². The average Bonchev–Trinajstić information content (AvgIpc) is 2.77. The van der Waals surface area contributed by atoms with Gasteiger partial charge in [0.1, 0.15) is 12.4 Å². The molecule has 2 aromatic carbocycles. The standard InChI is InChI=1S/C24H29NO7S/c1-5-30-23-10-9-19(18(4)26)11-21(23)15-31-24(27)20-7-6-8-22(12-20)33(28,29)25-13-16(2)32-17(3)14-25/h6-12,16-17H,5,13-15H2,1-4H3. The fourth-order valence-electron chi connectivity index (χ4n) is 3.69. The van der Waals surface area contributed by atoms with E-state index in [1.807, 2.05) is 20.8 Å². The molecule has 9 heteroatoms. The molecule has 8 nitrogen and oxygen atoms in total. The Morgan fingerprint density at radius 3 is 2.39 bits per heavy atom. The van der Waals surface area contributed by atoms with Crippen molar-refractivity contribution in [2.75, 3.05) is 19.7 Å². The predicted octanol–water partition coefficient (Wildman–Crippen LogP) is 3.44. The van der Waals surface area contributed by atoms with Crippen molar-refractivity contribution < 1.29 is 32.2 Å². The number of carbonyl (C=O) groups is 2. The third-order valence-corrected chi connectivity index (χ3v) is 7.05. The quantitative estimate of drug-likeness (QED) is 0.426. The third kappa shape index (κ3) is 5.98. The molecule has 0 radical (unpaired) electrons. The van der Waals surface area contributed by atoms with E-state index in [4.69, 9.17) is 14.2 Å². The van der Waals surface area contributed by atoms with E-state index in [0.717, 1.165) is 0 Å². The molecule has 1 aliphatic rings. The summed E-state index contributed by atoms with van der Waals surface area (Å²) in [5, 5.41) is 0. The lowest BCUT2D eigenvalue weighted by molar-refractivity contribution is -0.0440. The van der Waals surface area contributed by atoms with Crippen LogP contribution >= 0.6 is 0 Å². The second kappa shape index (κ2) is 10.5. The van der Waals surface area contributed by atoms with E-state index in [9.17, 15) is 18.0 Å². The summed E-state index contributed by atoms with van der Waals surface area (Å²) in [6, 6.07) is 10.7. The van der Waals surface area contributed by atoms with Crippen molar-refractivity contribution in [3.05, 3.63) is 59.2 Å². The molecule has 1 fully saturated rings. The molecule has 2 atom stereocenters. The molecular formula is C24H29NO7S. The van der Waals surface area contributed by atoms with Crippen LogP contribution in [0.4, 0.5) is 0 Å². The molecule has 0 N–H and O–H groups in total. The first-order valence-electron chi connectivity index (χ1n) is 10.8. The fourth-order valence-corrected chi connectivity index (χ4v) is 5.33. The summed E-state index contributed by atoms with van der Waals surface area (Å²) < 4.78 is 44.2. The molecule has 0 saturated carbocycles. The number of sulfonamides is 1. The summed E-state index contributed by atoms with van der Waals surface area (Å²) in [7, 11) is -3.79. The number of benzene rings is 2. The van der Waals surface area contributed by atoms with Crippen molar-refractivity contribution in [1.29, 1.82) is 0 Å². The Bertz CT molecular complexity index is 1120. The molecule has 0 aromatic heterocycles. The van der Waals surface area contributed by atoms with E-state index in [1.165, 1.54) is 35.5 Å². The van der Waals surface area contributed by atoms with Crippen LogP contribution in [0.25, 0.3) is 0 Å². The maximum Gasteiger partial charge on any atom is 0.338 e. The molecule has 0 aliphatic carbocycles. The zero-order valence-electron chi connectivity index (χ0n) is 19.2. The van der Waals surface area contributed by atoms with E-state index in [2.05, 4.69) is 0 Å². The topological polar surface area (TPSA) is 99.2 Å². The van der Waals surface area contributed by atoms with Gasteiger partial charge in [0.05, 0.1) is 29.3 Å². The minimum Gasteiger partial charge on any atom is -0.493 e. The Kier molecular flexibility index (Phi) is 7.88. The summed E-state index contributed by atoms with van der Waals surface area (Å²) in [6.07, 6.45) is -0.441. The second-order valence-corrected chi connectivity index (χ2v) is 9.93. The number of nitrogens with zero attached hydrogens (tertiary/aromatic N) is 1. The lowest BCUT2D eigenvalue weighted by atomic mass is 10.1. The summed E-state index contributed by atoms with van der Waals surface area (Å²) in [5.74, 6) is -0.274. The van der Waals surface area contributed by atoms with E-state index >= 15 is 0 Å². The number of ether oxygens (including phenoxy) is 3. The number of morpholine rings is 1. The highest BCUT2D eigenvalue weighted by Gasteiger charge is 2.32. The van der Waals surface area contributed by atoms with Crippen LogP contribution in [0.5, 0.6) is 5.75 Å². The van der Waals surface area contributed by atoms with Crippen molar-refractivity contribution in [3.63, 3.8) is 0 Å². The van der Waals surface area contributed by atoms with Gasteiger partial charge in [-0.25, -0.2) is 13.2 Å². The predicted molar refractivity (Wildman–Crippen MR) is 122 cm³/mol. The van der Waals surface area contributed by atoms with Crippen molar-refractivity contribution in [2.24, 2.45) is 0 Å². The average molecular weight is 476 g/mol. The maximum atomic E-state index is 13.1. The molecule has 33 heavy (non-hydrogen) atoms. The van der Waals surface area contributed by atoms with Gasteiger partial charge in [-0.2, -0.15) is 4.31 Å². The number of hydrogen-bond acceptors (Lipinski definition) is 7. The smallest absolute Gasteiger partial charge is 0.338 e. The molecule has 3 rings (SSSR count). The van der Waals surface area contributed by atoms with Gasteiger partial charge in [0.2, 0.25) is 10.0 Å². The van der Waals surface area contributed by atoms with Crippen LogP contribution in [0.3, 0.4) is 0 Å². The van der Waals surface area contributed by atoms with Gasteiger partial charge in [0, 0.05) is 24.2 Å². The van der Waals surface area contributed by atoms with E-state index in [0.29, 0.717) is 23.5 Å². The molecule has 0 spiro atoms. The SMILES string of the molecule is CCOc1ccc(C(C)=O)cc1COC(=O)c1cccc(S(=O)(=O)N2CC(C)OC(C)C2)c1. The highest BCUT2D eigenvalue weighted by molar-refractivity contribution is 7.89. The molecule has 1 heterocycles. The highest BCUT2D eigenvalue weighted by atomic mass is 32.2. The van der Waals surface area contributed by atoms with E-state index in [-0.39, 0.29) is 48.1 Å². The largest absolute Gasteiger partial charge is 0.493 e. The van der Waals surface area contributed by atoms with Gasteiger partial charge in [-0.3, -0.25) is 4.79 Å². The van der Waals surface area contributed by atoms with Crippen LogP contribution in [0.15, 0.2) is 47.4 Å². The summed E-state index contributed by atoms with van der Waals surface area (Å²) in [6.45, 7) is 7.71. The van der Waals surface area contributed by atoms with Crippen molar-refractivity contribution in [3.8, 4) is 5.75 Å². The van der Waals surface area contributed by atoms with Gasteiger partial charge in [-0.1, -0.05) is 6.07 Å². The van der Waals surface area contributed by atoms with Gasteiger partial charge < -0.3 is 14.2 Å². The first-order valence-corrected chi connectivity index (χ1v) is 12.2. The van der Waals surface area contributed by atoms with Crippen LogP contribution in [-0.2, 0) is 26.1 Å². The van der Waals surface area contributed by atoms with Crippen LogP contribution in [0, 0.1) is 0 Å². The third-order valence-electron chi connectivity index (χ3n) is 5.22. The van der Waals surface area contributed by atoms with Gasteiger partial charge in [-0.05, 0) is 64.1 Å². The Morgan fingerprint density at radius 1 is 1.06 bits per heavy atom. The number of carbonyl (C=O) groups excluding carboxylic acids is 2. The van der Waals surface area contributed by atoms with Crippen LogP contribution < -0.4 is 4.74 Å². The molecule has 2 unspecified atom stereocenters. The lowest BCUT2D eigenvalue weighted by Crippen LogP contribution is -2.48. The first-order chi connectivity index (χ1) is 15.6. The summed E-state index contributed by atoms with van der Waals surface area (Å²) >= 11 is 0. The van der Waals surface area contributed by atoms with Crippen LogP contribution in [0.2, 0.25) is 0 Å². The van der Waals surface area contributed by atoms with Gasteiger partial charge in [0.15, 0.2) is 5.78 Å². The molecular weight excluding hydrogens is 446 g/mol. The van der Waals surface area contributed by atoms with Gasteiger partial charge in [0.25, 0.3) is 0 Å². The Hall–Kier alpha value is -2.75. The van der Waals surface area contributed by atoms with Crippen LogP contribution in [-0.4, -0.2) is 56.4 Å². The monoisotopic (exact) mass is 475 g/mol. The van der Waals surface area contributed by atoms with E-state index < -0.39 is 16.0 Å². The Morgan fingerprint density at radius 2 is 1.76 bits per heavy atom. The zero-order valence-corrected chi connectivity index (χ0v) is 20.1. The van der Waals surface area contributed by atoms with E-state index in [1.54, 1.807) is 18.2 Å². The number of hydrogen-bond donors (Lipinski definition) is 0. The number of esters is 1. The molecule has 2 aromatic rings. The summed E-state index contributed by atoms with van der Waals surface area (Å²) in [4.78, 5) is 24.4. The molecule has 0 bridgehead atoms. The highest BCUT2D eigenvalue weighted by Crippen LogP contribution is 2.24. The molecule has 1 aliphatic heterocycles. The zero-order chi connectivity index (χ0) is 24.2. The molecule has 0 amide bonds. The normalized spacial score (nSPS) is 19.2. The minimum atomic E-state index is -3.79. The van der Waals surface area contributed by atoms with Crippen molar-refractivity contribution in [1.82, 2.24) is 4.31 Å². The maximum absolute atomic E-state index is 13.1. The lowest BCUT2D eigenvalue weighted by Gasteiger charge is -2.34. The number of Topliss-reactive ketones (excluding diaryl/α,β-unsaturated/α-hetero) is 1. The number of ketones is 1. The Balaban J connectivity index is 1.78. The second-order valence-electron chi connectivity index (χ2n) is 8.00. The molecule has 1 saturated heterocycles. The van der Waals surface area contributed by atoms with Crippen molar-refractivity contribution >= 4 is 21.8 Å². The minimum absolute atomic E-state index is 0.0202. The number of rotatable bonds is 8. The Labute approximate surface area is 194 Å². The first kappa shape index (κ1) is 24.9. The van der Waals surface area contributed by atoms with Crippen LogP contribution in [0.1, 0.15) is 54.0 Å². The van der Waals surface area contributed by atoms with Gasteiger partial charge in [-0.15, -0.1) is 0 Å². The fraction of sp³-hybridized carbons (Fsp3) is 0.417. The van der Waals surface area contributed by atoms with Gasteiger partial charge >= 0.3 is 5.97 Å². The molecule has 178 valence electrons. The summed E-state index contributed by atoms with van der Waals surface area (Å²) in [5.41, 5.74) is 1.15.